The predicted molar refractivity (Wildman–Crippen MR) is 117 cm³/mol. The van der Waals surface area contributed by atoms with Gasteiger partial charge in [0.05, 0.1) is 20.8 Å². The van der Waals surface area contributed by atoms with Gasteiger partial charge in [0.25, 0.3) is 0 Å². The Morgan fingerprint density at radius 3 is 2.61 bits per heavy atom. The standard InChI is InChI=1S/C21H18Cl3N3O/c1-4-16(22)20(25-3)14-8-12(2)27-21-13(14)6-5-7-19(21)28-11-15-17(23)9-26-10-18(15)24/h4-10,25H,1,11H2,2-3H3/b20-16+. The van der Waals surface area contributed by atoms with Gasteiger partial charge in [-0.05, 0) is 25.1 Å². The van der Waals surface area contributed by atoms with E-state index in [4.69, 9.17) is 39.5 Å². The molecule has 0 bridgehead atoms. The minimum absolute atomic E-state index is 0.201. The molecule has 144 valence electrons. The molecule has 0 fully saturated rings. The molecule has 0 unspecified atom stereocenters. The molecule has 7 heteroatoms. The fraction of sp³-hybridized carbons (Fsp3) is 0.143. The average Bonchev–Trinajstić information content (AvgIpc) is 2.68. The maximum absolute atomic E-state index is 6.35. The number of pyridine rings is 2. The van der Waals surface area contributed by atoms with Gasteiger partial charge in [0.15, 0.2) is 0 Å². The highest BCUT2D eigenvalue weighted by Gasteiger charge is 2.15. The van der Waals surface area contributed by atoms with E-state index >= 15 is 0 Å². The van der Waals surface area contributed by atoms with Crippen LogP contribution in [0, 0.1) is 6.92 Å². The predicted octanol–water partition coefficient (Wildman–Crippen LogP) is 6.14. The molecule has 0 spiro atoms. The third-order valence-corrected chi connectivity index (χ3v) is 5.19. The van der Waals surface area contributed by atoms with Gasteiger partial charge in [-0.25, -0.2) is 4.98 Å². The van der Waals surface area contributed by atoms with Crippen LogP contribution in [0.2, 0.25) is 10.0 Å². The molecule has 0 aliphatic rings. The maximum atomic E-state index is 6.35. The zero-order chi connectivity index (χ0) is 20.3. The second-order valence-electron chi connectivity index (χ2n) is 6.01. The lowest BCUT2D eigenvalue weighted by Gasteiger charge is -2.15. The Labute approximate surface area is 178 Å². The van der Waals surface area contributed by atoms with E-state index in [1.54, 1.807) is 6.08 Å². The first-order valence-corrected chi connectivity index (χ1v) is 9.61. The van der Waals surface area contributed by atoms with Gasteiger partial charge in [0, 0.05) is 41.6 Å². The summed E-state index contributed by atoms with van der Waals surface area (Å²) in [6, 6.07) is 7.71. The van der Waals surface area contributed by atoms with Crippen LogP contribution in [-0.2, 0) is 6.61 Å². The van der Waals surface area contributed by atoms with Crippen molar-refractivity contribution in [3.8, 4) is 5.75 Å². The minimum atomic E-state index is 0.201. The molecule has 1 aromatic carbocycles. The third kappa shape index (κ3) is 4.09. The highest BCUT2D eigenvalue weighted by atomic mass is 35.5. The number of fused-ring (bicyclic) bond motifs is 1. The van der Waals surface area contributed by atoms with E-state index in [0.717, 1.165) is 27.9 Å². The van der Waals surface area contributed by atoms with Crippen molar-refractivity contribution in [3.63, 3.8) is 0 Å². The summed E-state index contributed by atoms with van der Waals surface area (Å²) >= 11 is 18.7. The molecule has 3 aromatic rings. The van der Waals surface area contributed by atoms with E-state index in [1.807, 2.05) is 38.2 Å². The molecule has 3 rings (SSSR count). The number of nitrogens with one attached hydrogen (secondary N) is 1. The Hall–Kier alpha value is -2.27. The van der Waals surface area contributed by atoms with Crippen molar-refractivity contribution >= 4 is 51.4 Å². The number of ether oxygens (including phenoxy) is 1. The van der Waals surface area contributed by atoms with Crippen LogP contribution in [-0.4, -0.2) is 17.0 Å². The topological polar surface area (TPSA) is 47.0 Å². The summed E-state index contributed by atoms with van der Waals surface area (Å²) in [5.41, 5.74) is 3.92. The summed E-state index contributed by atoms with van der Waals surface area (Å²) in [5.74, 6) is 0.622. The fourth-order valence-electron chi connectivity index (χ4n) is 2.88. The molecule has 0 atom stereocenters. The molecule has 0 aliphatic carbocycles. The minimum Gasteiger partial charge on any atom is -0.487 e. The monoisotopic (exact) mass is 433 g/mol. The molecule has 0 aliphatic heterocycles. The van der Waals surface area contributed by atoms with Crippen LogP contribution in [0.3, 0.4) is 0 Å². The first kappa shape index (κ1) is 20.5. The summed E-state index contributed by atoms with van der Waals surface area (Å²) in [6.07, 6.45) is 4.68. The molecule has 0 radical (unpaired) electrons. The first-order valence-electron chi connectivity index (χ1n) is 8.47. The lowest BCUT2D eigenvalue weighted by atomic mass is 10.0. The highest BCUT2D eigenvalue weighted by molar-refractivity contribution is 6.35. The van der Waals surface area contributed by atoms with Gasteiger partial charge in [0.1, 0.15) is 17.9 Å². The number of hydrogen-bond donors (Lipinski definition) is 1. The second kappa shape index (κ2) is 8.82. The quantitative estimate of drug-likeness (QED) is 0.474. The van der Waals surface area contributed by atoms with Gasteiger partial charge in [-0.15, -0.1) is 0 Å². The number of rotatable bonds is 6. The Bertz CT molecular complexity index is 1060. The molecule has 2 aromatic heterocycles. The third-order valence-electron chi connectivity index (χ3n) is 4.19. The molecule has 0 amide bonds. The van der Waals surface area contributed by atoms with E-state index in [9.17, 15) is 0 Å². The van der Waals surface area contributed by atoms with Gasteiger partial charge in [-0.1, -0.05) is 53.5 Å². The number of benzene rings is 1. The van der Waals surface area contributed by atoms with Gasteiger partial charge in [-0.2, -0.15) is 0 Å². The molecule has 4 nitrogen and oxygen atoms in total. The molecular formula is C21H18Cl3N3O. The fourth-order valence-corrected chi connectivity index (χ4v) is 3.55. The smallest absolute Gasteiger partial charge is 0.146 e. The Morgan fingerprint density at radius 1 is 1.25 bits per heavy atom. The van der Waals surface area contributed by atoms with Crippen LogP contribution in [0.5, 0.6) is 5.75 Å². The summed E-state index contributed by atoms with van der Waals surface area (Å²) in [5, 5.41) is 5.48. The average molecular weight is 435 g/mol. The van der Waals surface area contributed by atoms with E-state index in [-0.39, 0.29) is 6.61 Å². The van der Waals surface area contributed by atoms with Crippen molar-refractivity contribution in [1.29, 1.82) is 0 Å². The van der Waals surface area contributed by atoms with Crippen molar-refractivity contribution in [2.75, 3.05) is 7.05 Å². The Morgan fingerprint density at radius 2 is 1.96 bits per heavy atom. The number of hydrogen-bond acceptors (Lipinski definition) is 4. The molecule has 2 heterocycles. The molecule has 0 saturated heterocycles. The first-order chi connectivity index (χ1) is 13.5. The molecule has 0 saturated carbocycles. The van der Waals surface area contributed by atoms with Crippen molar-refractivity contribution < 1.29 is 4.74 Å². The summed E-state index contributed by atoms with van der Waals surface area (Å²) in [6.45, 7) is 5.88. The van der Waals surface area contributed by atoms with Crippen molar-refractivity contribution in [1.82, 2.24) is 15.3 Å². The van der Waals surface area contributed by atoms with Crippen molar-refractivity contribution in [3.05, 3.63) is 81.2 Å². The van der Waals surface area contributed by atoms with Gasteiger partial charge in [0.2, 0.25) is 0 Å². The normalized spacial score (nSPS) is 11.9. The van der Waals surface area contributed by atoms with E-state index < -0.39 is 0 Å². The second-order valence-corrected chi connectivity index (χ2v) is 7.23. The van der Waals surface area contributed by atoms with Crippen LogP contribution < -0.4 is 10.1 Å². The van der Waals surface area contributed by atoms with Crippen LogP contribution in [0.1, 0.15) is 16.8 Å². The van der Waals surface area contributed by atoms with Gasteiger partial charge in [-0.3, -0.25) is 4.98 Å². The maximum Gasteiger partial charge on any atom is 0.146 e. The summed E-state index contributed by atoms with van der Waals surface area (Å²) in [4.78, 5) is 8.63. The Kier molecular flexibility index (Phi) is 6.45. The van der Waals surface area contributed by atoms with Crippen LogP contribution in [0.25, 0.3) is 16.6 Å². The van der Waals surface area contributed by atoms with Crippen molar-refractivity contribution in [2.45, 2.75) is 13.5 Å². The molecular weight excluding hydrogens is 417 g/mol. The number of nitrogens with zero attached hydrogens (tertiary/aromatic N) is 2. The lowest BCUT2D eigenvalue weighted by Crippen LogP contribution is -2.08. The molecule has 28 heavy (non-hydrogen) atoms. The lowest BCUT2D eigenvalue weighted by molar-refractivity contribution is 0.309. The zero-order valence-corrected chi connectivity index (χ0v) is 17.7. The zero-order valence-electron chi connectivity index (χ0n) is 15.4. The van der Waals surface area contributed by atoms with Gasteiger partial charge >= 0.3 is 0 Å². The van der Waals surface area contributed by atoms with Gasteiger partial charge < -0.3 is 10.1 Å². The van der Waals surface area contributed by atoms with E-state index in [0.29, 0.717) is 26.4 Å². The molecule has 1 N–H and O–H groups in total. The SMILES string of the molecule is C=C/C(Cl)=C(\NC)c1cc(C)nc2c(OCc3c(Cl)cncc3Cl)cccc12. The van der Waals surface area contributed by atoms with E-state index in [1.165, 1.54) is 12.4 Å². The number of aryl methyl sites for hydroxylation is 1. The van der Waals surface area contributed by atoms with Crippen LogP contribution in [0.15, 0.2) is 54.3 Å². The highest BCUT2D eigenvalue weighted by Crippen LogP contribution is 2.33. The largest absolute Gasteiger partial charge is 0.487 e. The Balaban J connectivity index is 2.10. The van der Waals surface area contributed by atoms with Crippen molar-refractivity contribution in [2.24, 2.45) is 0 Å². The van der Waals surface area contributed by atoms with Crippen LogP contribution in [0.4, 0.5) is 0 Å². The number of halogens is 3. The summed E-state index contributed by atoms with van der Waals surface area (Å²) < 4.78 is 6.03. The number of para-hydroxylation sites is 1. The number of aromatic nitrogens is 2. The van der Waals surface area contributed by atoms with E-state index in [2.05, 4.69) is 21.9 Å². The number of allylic oxidation sites excluding steroid dienone is 2. The van der Waals surface area contributed by atoms with Crippen LogP contribution >= 0.6 is 34.8 Å². The summed E-state index contributed by atoms with van der Waals surface area (Å²) in [7, 11) is 1.82.